The predicted octanol–water partition coefficient (Wildman–Crippen LogP) is 4.34. The number of benzene rings is 2. The lowest BCUT2D eigenvalue weighted by molar-refractivity contribution is 0.0728. The second-order valence-corrected chi connectivity index (χ2v) is 9.22. The molecule has 2 aromatic carbocycles. The van der Waals surface area contributed by atoms with Crippen molar-refractivity contribution >= 4 is 16.8 Å². The molecule has 2 heterocycles. The van der Waals surface area contributed by atoms with Crippen molar-refractivity contribution in [2.75, 3.05) is 14.2 Å². The van der Waals surface area contributed by atoms with Gasteiger partial charge in [-0.05, 0) is 62.1 Å². The molecule has 1 aliphatic heterocycles. The number of fused-ring (bicyclic) bond motifs is 2. The first-order valence-corrected chi connectivity index (χ1v) is 12.1. The summed E-state index contributed by atoms with van der Waals surface area (Å²) < 4.78 is 12.7. The number of nitrogens with zero attached hydrogens (tertiary/aromatic N) is 3. The van der Waals surface area contributed by atoms with Crippen LogP contribution in [0.15, 0.2) is 41.2 Å². The van der Waals surface area contributed by atoms with Gasteiger partial charge in [0.15, 0.2) is 0 Å². The molecule has 1 aromatic heterocycles. The number of carbonyl (C=O) groups is 1. The molecule has 0 atom stereocenters. The van der Waals surface area contributed by atoms with Gasteiger partial charge in [0, 0.05) is 30.1 Å². The van der Waals surface area contributed by atoms with Crippen LogP contribution >= 0.6 is 0 Å². The van der Waals surface area contributed by atoms with Crippen LogP contribution in [0.1, 0.15) is 60.3 Å². The van der Waals surface area contributed by atoms with E-state index < -0.39 is 0 Å². The van der Waals surface area contributed by atoms with Gasteiger partial charge in [0.2, 0.25) is 0 Å². The van der Waals surface area contributed by atoms with Crippen molar-refractivity contribution < 1.29 is 14.3 Å². The summed E-state index contributed by atoms with van der Waals surface area (Å²) in [4.78, 5) is 33.5. The molecule has 0 N–H and O–H groups in total. The molecule has 1 saturated carbocycles. The first-order valence-electron chi connectivity index (χ1n) is 12.1. The van der Waals surface area contributed by atoms with Crippen LogP contribution in [0.5, 0.6) is 11.5 Å². The molecule has 0 unspecified atom stereocenters. The van der Waals surface area contributed by atoms with E-state index in [1.54, 1.807) is 32.4 Å². The minimum atomic E-state index is -0.0529. The normalized spacial score (nSPS) is 15.8. The topological polar surface area (TPSA) is 73.7 Å². The second kappa shape index (κ2) is 9.49. The highest BCUT2D eigenvalue weighted by Crippen LogP contribution is 2.33. The molecule has 2 aliphatic rings. The zero-order valence-corrected chi connectivity index (χ0v) is 19.9. The molecular formula is C27H31N3O4. The van der Waals surface area contributed by atoms with Gasteiger partial charge in [0.05, 0.1) is 31.7 Å². The third-order valence-corrected chi connectivity index (χ3v) is 6.89. The van der Waals surface area contributed by atoms with Crippen LogP contribution in [0.4, 0.5) is 0 Å². The highest BCUT2D eigenvalue weighted by Gasteiger charge is 2.34. The van der Waals surface area contributed by atoms with Gasteiger partial charge in [-0.2, -0.15) is 0 Å². The lowest BCUT2D eigenvalue weighted by Gasteiger charge is -2.24. The summed E-state index contributed by atoms with van der Waals surface area (Å²) in [7, 11) is 3.26. The summed E-state index contributed by atoms with van der Waals surface area (Å²) in [6.07, 6.45) is 7.11. The maximum absolute atomic E-state index is 13.6. The number of methoxy groups -OCH3 is 2. The maximum atomic E-state index is 13.6. The average molecular weight is 462 g/mol. The van der Waals surface area contributed by atoms with Gasteiger partial charge in [-0.25, -0.2) is 4.98 Å². The number of rotatable bonds is 6. The number of carbonyl (C=O) groups excluding carboxylic acids is 1. The van der Waals surface area contributed by atoms with Crippen LogP contribution in [-0.4, -0.2) is 40.6 Å². The number of hydrogen-bond donors (Lipinski definition) is 0. The minimum absolute atomic E-state index is 0.000986. The molecule has 34 heavy (non-hydrogen) atoms. The lowest BCUT2D eigenvalue weighted by atomic mass is 10.1. The van der Waals surface area contributed by atoms with Gasteiger partial charge in [-0.1, -0.05) is 12.8 Å². The zero-order chi connectivity index (χ0) is 23.7. The first-order chi connectivity index (χ1) is 16.6. The third kappa shape index (κ3) is 4.39. The molecule has 178 valence electrons. The van der Waals surface area contributed by atoms with Gasteiger partial charge in [-0.3, -0.25) is 14.2 Å². The Kier molecular flexibility index (Phi) is 6.26. The van der Waals surface area contributed by atoms with E-state index in [0.717, 1.165) is 74.4 Å². The van der Waals surface area contributed by atoms with Crippen molar-refractivity contribution in [3.05, 3.63) is 63.7 Å². The molecule has 0 saturated heterocycles. The van der Waals surface area contributed by atoms with Gasteiger partial charge in [-0.15, -0.1) is 0 Å². The molecule has 1 fully saturated rings. The largest absolute Gasteiger partial charge is 0.497 e. The standard InChI is InChI=1S/C27H31N3O4/c1-33-21-11-13-24(34-2)19(15-21)17-30(20-9-10-20)26(31)18-8-12-22-23(16-18)28-25-7-5-3-4-6-14-29(25)27(22)32/h8,11-13,15-16,20H,3-7,9-10,14,17H2,1-2H3. The summed E-state index contributed by atoms with van der Waals surface area (Å²) in [5.74, 6) is 2.24. The summed E-state index contributed by atoms with van der Waals surface area (Å²) in [5, 5.41) is 0.577. The molecule has 5 rings (SSSR count). The maximum Gasteiger partial charge on any atom is 0.261 e. The van der Waals surface area contributed by atoms with E-state index in [2.05, 4.69) is 0 Å². The SMILES string of the molecule is COc1ccc(OC)c(CN(C(=O)c2ccc3c(=O)n4c(nc3c2)CCCCCC4)C2CC2)c1. The van der Waals surface area contributed by atoms with Gasteiger partial charge >= 0.3 is 0 Å². The van der Waals surface area contributed by atoms with Gasteiger partial charge in [0.25, 0.3) is 11.5 Å². The van der Waals surface area contributed by atoms with Crippen molar-refractivity contribution in [1.29, 1.82) is 0 Å². The molecule has 7 heteroatoms. The van der Waals surface area contributed by atoms with Crippen molar-refractivity contribution in [3.63, 3.8) is 0 Å². The Hall–Kier alpha value is -3.35. The predicted molar refractivity (Wildman–Crippen MR) is 131 cm³/mol. The lowest BCUT2D eigenvalue weighted by Crippen LogP contribution is -2.33. The first kappa shape index (κ1) is 22.4. The third-order valence-electron chi connectivity index (χ3n) is 6.89. The van der Waals surface area contributed by atoms with Crippen LogP contribution in [0.3, 0.4) is 0 Å². The minimum Gasteiger partial charge on any atom is -0.497 e. The van der Waals surface area contributed by atoms with E-state index in [1.807, 2.05) is 27.7 Å². The molecular weight excluding hydrogens is 430 g/mol. The molecule has 3 aromatic rings. The molecule has 1 aliphatic carbocycles. The van der Waals surface area contributed by atoms with Crippen LogP contribution in [-0.2, 0) is 19.5 Å². The van der Waals surface area contributed by atoms with Gasteiger partial charge in [0.1, 0.15) is 17.3 Å². The van der Waals surface area contributed by atoms with E-state index in [0.29, 0.717) is 23.0 Å². The Morgan fingerprint density at radius 2 is 1.88 bits per heavy atom. The van der Waals surface area contributed by atoms with E-state index in [9.17, 15) is 9.59 Å². The molecule has 0 bridgehead atoms. The van der Waals surface area contributed by atoms with Crippen molar-refractivity contribution in [1.82, 2.24) is 14.5 Å². The summed E-state index contributed by atoms with van der Waals surface area (Å²) >= 11 is 0. The quantitative estimate of drug-likeness (QED) is 0.546. The van der Waals surface area contributed by atoms with E-state index in [-0.39, 0.29) is 17.5 Å². The fraction of sp³-hybridized carbons (Fsp3) is 0.444. The van der Waals surface area contributed by atoms with Crippen LogP contribution in [0, 0.1) is 0 Å². The van der Waals surface area contributed by atoms with E-state index in [4.69, 9.17) is 14.5 Å². The van der Waals surface area contributed by atoms with E-state index >= 15 is 0 Å². The Labute approximate surface area is 199 Å². The van der Waals surface area contributed by atoms with Crippen LogP contribution in [0.2, 0.25) is 0 Å². The fourth-order valence-electron chi connectivity index (χ4n) is 4.84. The number of hydrogen-bond acceptors (Lipinski definition) is 5. The monoisotopic (exact) mass is 461 g/mol. The average Bonchev–Trinajstić information content (AvgIpc) is 3.68. The zero-order valence-electron chi connectivity index (χ0n) is 19.9. The molecule has 7 nitrogen and oxygen atoms in total. The number of amides is 1. The Balaban J connectivity index is 1.49. The van der Waals surface area contributed by atoms with E-state index in [1.165, 1.54) is 0 Å². The number of ether oxygens (including phenoxy) is 2. The van der Waals surface area contributed by atoms with Crippen molar-refractivity contribution in [3.8, 4) is 11.5 Å². The molecule has 0 radical (unpaired) electrons. The highest BCUT2D eigenvalue weighted by atomic mass is 16.5. The number of aryl methyl sites for hydroxylation is 1. The van der Waals surface area contributed by atoms with Crippen molar-refractivity contribution in [2.24, 2.45) is 0 Å². The summed E-state index contributed by atoms with van der Waals surface area (Å²) in [6.45, 7) is 1.15. The highest BCUT2D eigenvalue weighted by molar-refractivity contribution is 5.98. The van der Waals surface area contributed by atoms with Crippen LogP contribution < -0.4 is 15.0 Å². The summed E-state index contributed by atoms with van der Waals surface area (Å²) in [6, 6.07) is 11.2. The smallest absolute Gasteiger partial charge is 0.261 e. The fourth-order valence-corrected chi connectivity index (χ4v) is 4.84. The Bertz CT molecular complexity index is 1280. The van der Waals surface area contributed by atoms with Crippen LogP contribution in [0.25, 0.3) is 10.9 Å². The second-order valence-electron chi connectivity index (χ2n) is 9.22. The van der Waals surface area contributed by atoms with Gasteiger partial charge < -0.3 is 14.4 Å². The Morgan fingerprint density at radius 3 is 2.65 bits per heavy atom. The number of aromatic nitrogens is 2. The molecule has 1 amide bonds. The Morgan fingerprint density at radius 1 is 1.06 bits per heavy atom. The van der Waals surface area contributed by atoms with Crippen molar-refractivity contribution in [2.45, 2.75) is 64.1 Å². The summed E-state index contributed by atoms with van der Waals surface area (Å²) in [5.41, 5.74) is 2.07. The molecule has 0 spiro atoms.